The molecule has 4 nitrogen and oxygen atoms in total. The van der Waals surface area contributed by atoms with Crippen molar-refractivity contribution < 1.29 is 14.6 Å². The van der Waals surface area contributed by atoms with E-state index in [-0.39, 0.29) is 18.1 Å². The third-order valence-electron chi connectivity index (χ3n) is 2.34. The molecule has 0 aromatic rings. The van der Waals surface area contributed by atoms with E-state index in [9.17, 15) is 9.90 Å². The number of carbonyl (C=O) groups excluding carboxylic acids is 1. The summed E-state index contributed by atoms with van der Waals surface area (Å²) < 4.78 is 4.65. The second kappa shape index (κ2) is 8.30. The zero-order valence-electron chi connectivity index (χ0n) is 10.6. The lowest BCUT2D eigenvalue weighted by Crippen LogP contribution is -2.29. The first-order valence-corrected chi connectivity index (χ1v) is 5.70. The largest absolute Gasteiger partial charge is 0.466 e. The van der Waals surface area contributed by atoms with E-state index in [1.807, 2.05) is 19.9 Å². The van der Waals surface area contributed by atoms with Crippen molar-refractivity contribution in [2.24, 2.45) is 0 Å². The fourth-order valence-electron chi connectivity index (χ4n) is 1.48. The van der Waals surface area contributed by atoms with Gasteiger partial charge in [0.15, 0.2) is 0 Å². The van der Waals surface area contributed by atoms with Crippen molar-refractivity contribution in [3.05, 3.63) is 11.6 Å². The lowest BCUT2D eigenvalue weighted by atomic mass is 10.1. The molecule has 0 aliphatic rings. The van der Waals surface area contributed by atoms with E-state index in [0.717, 1.165) is 0 Å². The molecule has 0 bridgehead atoms. The molecule has 16 heavy (non-hydrogen) atoms. The second-order valence-electron chi connectivity index (χ2n) is 3.97. The van der Waals surface area contributed by atoms with E-state index in [1.54, 1.807) is 6.92 Å². The van der Waals surface area contributed by atoms with Gasteiger partial charge in [0.25, 0.3) is 0 Å². The van der Waals surface area contributed by atoms with Crippen molar-refractivity contribution in [3.8, 4) is 0 Å². The van der Waals surface area contributed by atoms with Gasteiger partial charge in [0, 0.05) is 18.2 Å². The zero-order chi connectivity index (χ0) is 12.6. The van der Waals surface area contributed by atoms with Crippen molar-refractivity contribution in [2.45, 2.75) is 45.8 Å². The van der Waals surface area contributed by atoms with Crippen LogP contribution in [0.25, 0.3) is 0 Å². The van der Waals surface area contributed by atoms with E-state index < -0.39 is 0 Å². The molecule has 0 aromatic carbocycles. The van der Waals surface area contributed by atoms with Crippen LogP contribution >= 0.6 is 0 Å². The average molecular weight is 229 g/mol. The summed E-state index contributed by atoms with van der Waals surface area (Å²) in [6.07, 6.45) is 2.90. The van der Waals surface area contributed by atoms with Gasteiger partial charge in [-0.25, -0.2) is 4.79 Å². The van der Waals surface area contributed by atoms with Crippen LogP contribution in [0.3, 0.4) is 0 Å². The fraction of sp³-hybridized carbons (Fsp3) is 0.750. The molecule has 0 saturated heterocycles. The van der Waals surface area contributed by atoms with Gasteiger partial charge in [0.1, 0.15) is 0 Å². The van der Waals surface area contributed by atoms with Crippen LogP contribution in [-0.4, -0.2) is 36.9 Å². The summed E-state index contributed by atoms with van der Waals surface area (Å²) in [7, 11) is 1.38. The van der Waals surface area contributed by atoms with E-state index >= 15 is 0 Å². The topological polar surface area (TPSA) is 58.6 Å². The Labute approximate surface area is 97.7 Å². The van der Waals surface area contributed by atoms with Crippen LogP contribution in [0.2, 0.25) is 0 Å². The Bertz CT molecular complexity index is 236. The monoisotopic (exact) mass is 229 g/mol. The van der Waals surface area contributed by atoms with Gasteiger partial charge in [-0.2, -0.15) is 0 Å². The van der Waals surface area contributed by atoms with Crippen LogP contribution in [-0.2, 0) is 9.53 Å². The number of rotatable bonds is 7. The van der Waals surface area contributed by atoms with Gasteiger partial charge >= 0.3 is 5.97 Å². The predicted octanol–water partition coefficient (Wildman–Crippen LogP) is 1.24. The normalized spacial score (nSPS) is 15.7. The number of methoxy groups -OCH3 is 1. The maximum Gasteiger partial charge on any atom is 0.333 e. The van der Waals surface area contributed by atoms with Gasteiger partial charge in [-0.1, -0.05) is 13.0 Å². The average Bonchev–Trinajstić information content (AvgIpc) is 2.22. The van der Waals surface area contributed by atoms with Crippen LogP contribution in [0.5, 0.6) is 0 Å². The predicted molar refractivity (Wildman–Crippen MR) is 64.2 cm³/mol. The first-order valence-electron chi connectivity index (χ1n) is 5.70. The summed E-state index contributed by atoms with van der Waals surface area (Å²) in [5.74, 6) is -0.271. The Balaban J connectivity index is 4.00. The third-order valence-corrected chi connectivity index (χ3v) is 2.34. The fourth-order valence-corrected chi connectivity index (χ4v) is 1.48. The highest BCUT2D eigenvalue weighted by Crippen LogP contribution is 2.02. The summed E-state index contributed by atoms with van der Waals surface area (Å²) >= 11 is 0. The SMILES string of the molecule is CCC(=CCNC(C)CC(C)O)C(=O)OC. The Morgan fingerprint density at radius 1 is 1.50 bits per heavy atom. The summed E-state index contributed by atoms with van der Waals surface area (Å²) in [6, 6.07) is 0.229. The van der Waals surface area contributed by atoms with Crippen LogP contribution in [0.15, 0.2) is 11.6 Å². The molecule has 0 heterocycles. The summed E-state index contributed by atoms with van der Waals surface area (Å²) in [5.41, 5.74) is 0.680. The van der Waals surface area contributed by atoms with Gasteiger partial charge in [-0.05, 0) is 26.7 Å². The number of esters is 1. The highest BCUT2D eigenvalue weighted by atomic mass is 16.5. The first-order chi connectivity index (χ1) is 7.51. The molecule has 0 aromatic heterocycles. The van der Waals surface area contributed by atoms with Gasteiger partial charge in [-0.3, -0.25) is 0 Å². The van der Waals surface area contributed by atoms with Crippen LogP contribution < -0.4 is 5.32 Å². The molecule has 0 fully saturated rings. The van der Waals surface area contributed by atoms with E-state index in [2.05, 4.69) is 10.1 Å². The lowest BCUT2D eigenvalue weighted by Gasteiger charge is -2.14. The van der Waals surface area contributed by atoms with E-state index in [1.165, 1.54) is 7.11 Å². The van der Waals surface area contributed by atoms with Crippen molar-refractivity contribution in [3.63, 3.8) is 0 Å². The second-order valence-corrected chi connectivity index (χ2v) is 3.97. The molecule has 0 radical (unpaired) electrons. The molecule has 94 valence electrons. The van der Waals surface area contributed by atoms with E-state index in [0.29, 0.717) is 25.0 Å². The van der Waals surface area contributed by atoms with Crippen molar-refractivity contribution >= 4 is 5.97 Å². The molecular formula is C12H23NO3. The standard InChI is InChI=1S/C12H23NO3/c1-5-11(12(15)16-4)6-7-13-9(2)8-10(3)14/h6,9-10,13-14H,5,7-8H2,1-4H3. The smallest absolute Gasteiger partial charge is 0.333 e. The summed E-state index contributed by atoms with van der Waals surface area (Å²) in [5, 5.41) is 12.4. The summed E-state index contributed by atoms with van der Waals surface area (Å²) in [4.78, 5) is 11.2. The van der Waals surface area contributed by atoms with E-state index in [4.69, 9.17) is 0 Å². The number of hydrogen-bond acceptors (Lipinski definition) is 4. The minimum atomic E-state index is -0.308. The lowest BCUT2D eigenvalue weighted by molar-refractivity contribution is -0.136. The maximum atomic E-state index is 11.2. The Morgan fingerprint density at radius 3 is 2.56 bits per heavy atom. The van der Waals surface area contributed by atoms with Crippen molar-refractivity contribution in [2.75, 3.05) is 13.7 Å². The minimum absolute atomic E-state index is 0.229. The Kier molecular flexibility index (Phi) is 7.85. The quantitative estimate of drug-likeness (QED) is 0.509. The summed E-state index contributed by atoms with van der Waals surface area (Å²) in [6.45, 7) is 6.30. The number of aliphatic hydroxyl groups is 1. The molecule has 2 N–H and O–H groups in total. The van der Waals surface area contributed by atoms with Gasteiger partial charge < -0.3 is 15.2 Å². The molecule has 0 aliphatic carbocycles. The first kappa shape index (κ1) is 15.1. The number of carbonyl (C=O) groups is 1. The van der Waals surface area contributed by atoms with Crippen LogP contribution in [0, 0.1) is 0 Å². The molecule has 0 amide bonds. The van der Waals surface area contributed by atoms with Gasteiger partial charge in [-0.15, -0.1) is 0 Å². The molecule has 0 spiro atoms. The molecule has 0 aliphatic heterocycles. The zero-order valence-corrected chi connectivity index (χ0v) is 10.6. The molecule has 0 rings (SSSR count). The van der Waals surface area contributed by atoms with Crippen molar-refractivity contribution in [1.29, 1.82) is 0 Å². The maximum absolute atomic E-state index is 11.2. The molecule has 2 atom stereocenters. The molecule has 0 saturated carbocycles. The van der Waals surface area contributed by atoms with Crippen LogP contribution in [0.1, 0.15) is 33.6 Å². The number of hydrogen-bond donors (Lipinski definition) is 2. The molecule has 4 heteroatoms. The van der Waals surface area contributed by atoms with Gasteiger partial charge in [0.2, 0.25) is 0 Å². The minimum Gasteiger partial charge on any atom is -0.466 e. The van der Waals surface area contributed by atoms with Crippen molar-refractivity contribution in [1.82, 2.24) is 5.32 Å². The Morgan fingerprint density at radius 2 is 2.12 bits per heavy atom. The Hall–Kier alpha value is -0.870. The molecular weight excluding hydrogens is 206 g/mol. The number of ether oxygens (including phenoxy) is 1. The van der Waals surface area contributed by atoms with Crippen LogP contribution in [0.4, 0.5) is 0 Å². The highest BCUT2D eigenvalue weighted by molar-refractivity contribution is 5.88. The number of nitrogens with one attached hydrogen (secondary N) is 1. The highest BCUT2D eigenvalue weighted by Gasteiger charge is 2.07. The molecule has 2 unspecified atom stereocenters. The third kappa shape index (κ3) is 6.58. The number of aliphatic hydroxyl groups excluding tert-OH is 1. The van der Waals surface area contributed by atoms with Gasteiger partial charge in [0.05, 0.1) is 13.2 Å².